The van der Waals surface area contributed by atoms with Gasteiger partial charge in [-0.1, -0.05) is 25.4 Å². The molecule has 0 aliphatic carbocycles. The van der Waals surface area contributed by atoms with Crippen LogP contribution in [-0.4, -0.2) is 61.6 Å². The van der Waals surface area contributed by atoms with E-state index in [9.17, 15) is 10.1 Å². The maximum absolute atomic E-state index is 12.5. The van der Waals surface area contributed by atoms with Crippen molar-refractivity contribution in [3.8, 4) is 17.6 Å². The van der Waals surface area contributed by atoms with E-state index in [4.69, 9.17) is 21.1 Å². The van der Waals surface area contributed by atoms with Crippen LogP contribution >= 0.6 is 11.6 Å². The number of carbonyl (C=O) groups excluding carboxylic acids is 1. The molecule has 1 fully saturated rings. The van der Waals surface area contributed by atoms with Gasteiger partial charge in [0.05, 0.1) is 24.8 Å². The molecule has 0 saturated carbocycles. The SMILES string of the molecule is CCOc1cc(/C=C/C(=O)N2CCN(C(C#N)C(C)C)CC2)cc(Cl)c1OC. The normalized spacial score (nSPS) is 16.2. The number of piperazine rings is 1. The van der Waals surface area contributed by atoms with Crippen LogP contribution in [-0.2, 0) is 4.79 Å². The zero-order chi connectivity index (χ0) is 20.7. The van der Waals surface area contributed by atoms with Crippen molar-refractivity contribution in [2.24, 2.45) is 5.92 Å². The number of nitriles is 1. The third kappa shape index (κ3) is 5.40. The summed E-state index contributed by atoms with van der Waals surface area (Å²) in [5, 5.41) is 9.78. The molecule has 1 aromatic rings. The Balaban J connectivity index is 2.02. The fourth-order valence-electron chi connectivity index (χ4n) is 3.29. The first-order chi connectivity index (χ1) is 13.4. The predicted octanol–water partition coefficient (Wildman–Crippen LogP) is 3.45. The predicted molar refractivity (Wildman–Crippen MR) is 111 cm³/mol. The first-order valence-electron chi connectivity index (χ1n) is 9.52. The summed E-state index contributed by atoms with van der Waals surface area (Å²) in [7, 11) is 1.54. The number of hydrogen-bond donors (Lipinski definition) is 0. The van der Waals surface area contributed by atoms with Crippen LogP contribution in [0.4, 0.5) is 0 Å². The highest BCUT2D eigenvalue weighted by Gasteiger charge is 2.27. The molecule has 2 rings (SSSR count). The van der Waals surface area contributed by atoms with Crippen molar-refractivity contribution >= 4 is 23.6 Å². The summed E-state index contributed by atoms with van der Waals surface area (Å²) in [6, 6.07) is 5.80. The summed E-state index contributed by atoms with van der Waals surface area (Å²) in [5.74, 6) is 1.25. The van der Waals surface area contributed by atoms with E-state index in [0.29, 0.717) is 49.3 Å². The molecule has 152 valence electrons. The molecule has 1 aliphatic rings. The second kappa shape index (κ2) is 10.4. The van der Waals surface area contributed by atoms with Gasteiger partial charge in [-0.15, -0.1) is 0 Å². The molecule has 0 spiro atoms. The van der Waals surface area contributed by atoms with Crippen molar-refractivity contribution in [3.63, 3.8) is 0 Å². The summed E-state index contributed by atoms with van der Waals surface area (Å²) < 4.78 is 10.8. The summed E-state index contributed by atoms with van der Waals surface area (Å²) in [4.78, 5) is 16.5. The molecule has 1 atom stereocenters. The monoisotopic (exact) mass is 405 g/mol. The van der Waals surface area contributed by atoms with Gasteiger partial charge in [0, 0.05) is 32.3 Å². The molecule has 0 bridgehead atoms. The summed E-state index contributed by atoms with van der Waals surface area (Å²) >= 11 is 6.25. The Labute approximate surface area is 172 Å². The molecule has 1 aliphatic heterocycles. The number of carbonyl (C=O) groups is 1. The fraction of sp³-hybridized carbons (Fsp3) is 0.524. The van der Waals surface area contributed by atoms with E-state index in [1.54, 1.807) is 36.3 Å². The second-order valence-corrected chi connectivity index (χ2v) is 7.39. The van der Waals surface area contributed by atoms with Gasteiger partial charge in [0.15, 0.2) is 11.5 Å². The Morgan fingerprint density at radius 1 is 1.32 bits per heavy atom. The molecule has 0 N–H and O–H groups in total. The van der Waals surface area contributed by atoms with Crippen molar-refractivity contribution in [1.82, 2.24) is 9.80 Å². The summed E-state index contributed by atoms with van der Waals surface area (Å²) in [6.07, 6.45) is 3.28. The molecule has 1 aromatic carbocycles. The number of amides is 1. The maximum atomic E-state index is 12.5. The molecular formula is C21H28ClN3O3. The zero-order valence-corrected chi connectivity index (χ0v) is 17.7. The summed E-state index contributed by atoms with van der Waals surface area (Å²) in [5.41, 5.74) is 0.769. The van der Waals surface area contributed by atoms with Crippen molar-refractivity contribution in [1.29, 1.82) is 5.26 Å². The number of nitrogens with zero attached hydrogens (tertiary/aromatic N) is 3. The molecule has 6 nitrogen and oxygen atoms in total. The second-order valence-electron chi connectivity index (χ2n) is 6.98. The van der Waals surface area contributed by atoms with Gasteiger partial charge in [0.2, 0.25) is 5.91 Å². The minimum Gasteiger partial charge on any atom is -0.491 e. The van der Waals surface area contributed by atoms with E-state index in [2.05, 4.69) is 11.0 Å². The lowest BCUT2D eigenvalue weighted by molar-refractivity contribution is -0.127. The molecule has 1 saturated heterocycles. The van der Waals surface area contributed by atoms with Gasteiger partial charge in [-0.2, -0.15) is 5.26 Å². The smallest absolute Gasteiger partial charge is 0.246 e. The van der Waals surface area contributed by atoms with Crippen molar-refractivity contribution in [2.75, 3.05) is 39.9 Å². The molecular weight excluding hydrogens is 378 g/mol. The maximum Gasteiger partial charge on any atom is 0.246 e. The van der Waals surface area contributed by atoms with Crippen LogP contribution in [0.25, 0.3) is 6.08 Å². The first kappa shape index (κ1) is 22.1. The van der Waals surface area contributed by atoms with Gasteiger partial charge < -0.3 is 14.4 Å². The minimum absolute atomic E-state index is 0.0531. The van der Waals surface area contributed by atoms with Crippen molar-refractivity contribution in [3.05, 3.63) is 28.8 Å². The average molecular weight is 406 g/mol. The highest BCUT2D eigenvalue weighted by molar-refractivity contribution is 6.32. The third-order valence-corrected chi connectivity index (χ3v) is 5.02. The quantitative estimate of drug-likeness (QED) is 0.650. The molecule has 1 unspecified atom stereocenters. The van der Waals surface area contributed by atoms with E-state index >= 15 is 0 Å². The van der Waals surface area contributed by atoms with E-state index < -0.39 is 0 Å². The van der Waals surface area contributed by atoms with Crippen LogP contribution in [0.3, 0.4) is 0 Å². The van der Waals surface area contributed by atoms with Crippen molar-refractivity contribution < 1.29 is 14.3 Å². The molecule has 7 heteroatoms. The molecule has 28 heavy (non-hydrogen) atoms. The van der Waals surface area contributed by atoms with Crippen LogP contribution in [0.1, 0.15) is 26.3 Å². The Morgan fingerprint density at radius 2 is 2.00 bits per heavy atom. The lowest BCUT2D eigenvalue weighted by atomic mass is 10.0. The number of benzene rings is 1. The highest BCUT2D eigenvalue weighted by atomic mass is 35.5. The zero-order valence-electron chi connectivity index (χ0n) is 16.9. The van der Waals surface area contributed by atoms with E-state index in [1.807, 2.05) is 20.8 Å². The van der Waals surface area contributed by atoms with E-state index in [0.717, 1.165) is 5.56 Å². The fourth-order valence-corrected chi connectivity index (χ4v) is 3.59. The van der Waals surface area contributed by atoms with Crippen LogP contribution in [0, 0.1) is 17.2 Å². The average Bonchev–Trinajstić information content (AvgIpc) is 2.67. The van der Waals surface area contributed by atoms with Crippen LogP contribution in [0.5, 0.6) is 11.5 Å². The first-order valence-corrected chi connectivity index (χ1v) is 9.90. The van der Waals surface area contributed by atoms with Gasteiger partial charge in [-0.25, -0.2) is 0 Å². The topological polar surface area (TPSA) is 65.8 Å². The van der Waals surface area contributed by atoms with Crippen LogP contribution in [0.2, 0.25) is 5.02 Å². The van der Waals surface area contributed by atoms with Gasteiger partial charge in [0.25, 0.3) is 0 Å². The molecule has 1 heterocycles. The van der Waals surface area contributed by atoms with Gasteiger partial charge in [-0.05, 0) is 36.6 Å². The Morgan fingerprint density at radius 3 is 2.54 bits per heavy atom. The van der Waals surface area contributed by atoms with Crippen molar-refractivity contribution in [2.45, 2.75) is 26.8 Å². The molecule has 0 aromatic heterocycles. The van der Waals surface area contributed by atoms with Gasteiger partial charge in [0.1, 0.15) is 6.04 Å². The Hall–Kier alpha value is -2.23. The highest BCUT2D eigenvalue weighted by Crippen LogP contribution is 2.36. The molecule has 1 amide bonds. The van der Waals surface area contributed by atoms with Gasteiger partial charge >= 0.3 is 0 Å². The number of halogens is 1. The van der Waals surface area contributed by atoms with Crippen LogP contribution < -0.4 is 9.47 Å². The Kier molecular flexibility index (Phi) is 8.16. The standard InChI is InChI=1S/C21H28ClN3O3/c1-5-28-19-13-16(12-17(22)21(19)27-4)6-7-20(26)25-10-8-24(9-11-25)18(14-23)15(2)3/h6-7,12-13,15,18H,5,8-11H2,1-4H3/b7-6+. The van der Waals surface area contributed by atoms with Gasteiger partial charge in [-0.3, -0.25) is 9.69 Å². The lowest BCUT2D eigenvalue weighted by Gasteiger charge is -2.37. The largest absolute Gasteiger partial charge is 0.491 e. The number of rotatable bonds is 7. The third-order valence-electron chi connectivity index (χ3n) is 4.74. The Bertz CT molecular complexity index is 750. The lowest BCUT2D eigenvalue weighted by Crippen LogP contribution is -2.52. The van der Waals surface area contributed by atoms with E-state index in [1.165, 1.54) is 0 Å². The number of ether oxygens (including phenoxy) is 2. The van der Waals surface area contributed by atoms with E-state index in [-0.39, 0.29) is 17.9 Å². The summed E-state index contributed by atoms with van der Waals surface area (Å²) in [6.45, 7) is 9.11. The minimum atomic E-state index is -0.105. The van der Waals surface area contributed by atoms with Crippen LogP contribution in [0.15, 0.2) is 18.2 Å². The number of hydrogen-bond acceptors (Lipinski definition) is 5. The number of methoxy groups -OCH3 is 1. The molecule has 0 radical (unpaired) electrons.